The van der Waals surface area contributed by atoms with Crippen LogP contribution in [0.1, 0.15) is 18.9 Å². The summed E-state index contributed by atoms with van der Waals surface area (Å²) in [6.45, 7) is 2.14. The summed E-state index contributed by atoms with van der Waals surface area (Å²) in [5, 5.41) is 3.04. The van der Waals surface area contributed by atoms with E-state index in [1.165, 1.54) is 26.4 Å². The first-order valence-corrected chi connectivity index (χ1v) is 5.74. The number of carbonyl (C=O) groups is 1. The van der Waals surface area contributed by atoms with Crippen LogP contribution in [0.2, 0.25) is 0 Å². The van der Waals surface area contributed by atoms with Crippen LogP contribution in [0.15, 0.2) is 18.2 Å². The predicted molar refractivity (Wildman–Crippen MR) is 66.8 cm³/mol. The molecule has 0 aromatic heterocycles. The highest BCUT2D eigenvalue weighted by Crippen LogP contribution is 2.19. The molecule has 1 atom stereocenters. The molecule has 0 fully saturated rings. The molecule has 0 saturated heterocycles. The van der Waals surface area contributed by atoms with Crippen LogP contribution in [-0.2, 0) is 20.9 Å². The topological polar surface area (TPSA) is 47.6 Å². The normalized spacial score (nSPS) is 12.0. The minimum absolute atomic E-state index is 0.275. The average molecular weight is 255 g/mol. The molecule has 1 rings (SSSR count). The number of methoxy groups -OCH3 is 2. The maximum Gasteiger partial charge on any atom is 0.328 e. The first kappa shape index (κ1) is 14.4. The van der Waals surface area contributed by atoms with Crippen molar-refractivity contribution in [2.75, 3.05) is 19.5 Å². The lowest BCUT2D eigenvalue weighted by atomic mass is 10.1. The van der Waals surface area contributed by atoms with Crippen molar-refractivity contribution in [1.82, 2.24) is 0 Å². The van der Waals surface area contributed by atoms with Gasteiger partial charge in [0.25, 0.3) is 0 Å². The van der Waals surface area contributed by atoms with E-state index >= 15 is 0 Å². The number of anilines is 1. The van der Waals surface area contributed by atoms with Gasteiger partial charge in [-0.1, -0.05) is 6.92 Å². The number of hydrogen-bond donors (Lipinski definition) is 1. The van der Waals surface area contributed by atoms with E-state index in [-0.39, 0.29) is 18.4 Å². The third-order valence-corrected chi connectivity index (χ3v) is 2.59. The lowest BCUT2D eigenvalue weighted by molar-refractivity contribution is -0.141. The summed E-state index contributed by atoms with van der Waals surface area (Å²) in [5.74, 6) is -0.677. The maximum atomic E-state index is 13.1. The van der Waals surface area contributed by atoms with E-state index in [4.69, 9.17) is 9.47 Å². The van der Waals surface area contributed by atoms with E-state index < -0.39 is 6.04 Å². The van der Waals surface area contributed by atoms with Gasteiger partial charge in [0.05, 0.1) is 13.7 Å². The first-order valence-electron chi connectivity index (χ1n) is 5.74. The highest BCUT2D eigenvalue weighted by molar-refractivity contribution is 5.79. The van der Waals surface area contributed by atoms with E-state index in [0.29, 0.717) is 17.7 Å². The highest BCUT2D eigenvalue weighted by Gasteiger charge is 2.17. The van der Waals surface area contributed by atoms with Crippen LogP contribution >= 0.6 is 0 Å². The number of nitrogens with one attached hydrogen (secondary N) is 1. The minimum atomic E-state index is -0.448. The molecule has 0 spiro atoms. The molecule has 0 amide bonds. The highest BCUT2D eigenvalue weighted by atomic mass is 19.1. The molecular weight excluding hydrogens is 237 g/mol. The fourth-order valence-corrected chi connectivity index (χ4v) is 1.64. The largest absolute Gasteiger partial charge is 0.467 e. The third-order valence-electron chi connectivity index (χ3n) is 2.59. The molecule has 0 heterocycles. The standard InChI is InChI=1S/C13H18FNO3/c1-4-11(13(16)18-3)15-12-6-5-10(14)7-9(12)8-17-2/h5-7,11,15H,4,8H2,1-3H3. The lowest BCUT2D eigenvalue weighted by Gasteiger charge is -2.18. The Kier molecular flexibility index (Phi) is 5.58. The minimum Gasteiger partial charge on any atom is -0.467 e. The molecule has 0 bridgehead atoms. The van der Waals surface area contributed by atoms with Crippen LogP contribution in [0.4, 0.5) is 10.1 Å². The fourth-order valence-electron chi connectivity index (χ4n) is 1.64. The van der Waals surface area contributed by atoms with E-state index in [0.717, 1.165) is 0 Å². The Hall–Kier alpha value is -1.62. The number of hydrogen-bond acceptors (Lipinski definition) is 4. The van der Waals surface area contributed by atoms with Crippen molar-refractivity contribution in [1.29, 1.82) is 0 Å². The van der Waals surface area contributed by atoms with Crippen molar-refractivity contribution in [3.05, 3.63) is 29.6 Å². The average Bonchev–Trinajstić information content (AvgIpc) is 2.37. The van der Waals surface area contributed by atoms with Crippen molar-refractivity contribution in [3.8, 4) is 0 Å². The zero-order chi connectivity index (χ0) is 13.5. The molecule has 1 aromatic rings. The predicted octanol–water partition coefficient (Wildman–Crippen LogP) is 2.34. The van der Waals surface area contributed by atoms with E-state index in [2.05, 4.69) is 5.32 Å². The van der Waals surface area contributed by atoms with Crippen LogP contribution in [0.25, 0.3) is 0 Å². The third kappa shape index (κ3) is 3.70. The van der Waals surface area contributed by atoms with Crippen molar-refractivity contribution in [2.45, 2.75) is 26.0 Å². The SMILES string of the molecule is CCC(Nc1ccc(F)cc1COC)C(=O)OC. The molecule has 1 N–H and O–H groups in total. The Bertz CT molecular complexity index is 409. The van der Waals surface area contributed by atoms with Crippen LogP contribution < -0.4 is 5.32 Å². The summed E-state index contributed by atoms with van der Waals surface area (Å²) in [4.78, 5) is 11.5. The number of rotatable bonds is 6. The van der Waals surface area contributed by atoms with Gasteiger partial charge in [0.15, 0.2) is 0 Å². The van der Waals surface area contributed by atoms with Gasteiger partial charge in [0.2, 0.25) is 0 Å². The van der Waals surface area contributed by atoms with Gasteiger partial charge >= 0.3 is 5.97 Å². The van der Waals surface area contributed by atoms with Crippen LogP contribution in [0.3, 0.4) is 0 Å². The molecule has 100 valence electrons. The summed E-state index contributed by atoms with van der Waals surface area (Å²) < 4.78 is 22.8. The van der Waals surface area contributed by atoms with Gasteiger partial charge in [-0.3, -0.25) is 0 Å². The smallest absolute Gasteiger partial charge is 0.328 e. The Morgan fingerprint density at radius 3 is 2.72 bits per heavy atom. The van der Waals surface area contributed by atoms with Gasteiger partial charge in [-0.05, 0) is 24.6 Å². The summed E-state index contributed by atoms with van der Waals surface area (Å²) in [7, 11) is 2.87. The zero-order valence-electron chi connectivity index (χ0n) is 10.8. The Morgan fingerprint density at radius 2 is 2.17 bits per heavy atom. The molecule has 1 unspecified atom stereocenters. The van der Waals surface area contributed by atoms with Crippen molar-refractivity contribution in [2.24, 2.45) is 0 Å². The molecule has 0 aliphatic rings. The molecular formula is C13H18FNO3. The van der Waals surface area contributed by atoms with Crippen molar-refractivity contribution < 1.29 is 18.7 Å². The van der Waals surface area contributed by atoms with E-state index in [1.54, 1.807) is 6.07 Å². The number of carbonyl (C=O) groups excluding carboxylic acids is 1. The second kappa shape index (κ2) is 6.96. The summed E-state index contributed by atoms with van der Waals surface area (Å²) in [6, 6.07) is 3.87. The fraction of sp³-hybridized carbons (Fsp3) is 0.462. The molecule has 18 heavy (non-hydrogen) atoms. The van der Waals surface area contributed by atoms with Crippen LogP contribution in [0, 0.1) is 5.82 Å². The Morgan fingerprint density at radius 1 is 1.44 bits per heavy atom. The lowest BCUT2D eigenvalue weighted by Crippen LogP contribution is -2.30. The molecule has 0 radical (unpaired) electrons. The van der Waals surface area contributed by atoms with Crippen LogP contribution in [-0.4, -0.2) is 26.2 Å². The number of ether oxygens (including phenoxy) is 2. The van der Waals surface area contributed by atoms with Gasteiger partial charge in [0, 0.05) is 18.4 Å². The quantitative estimate of drug-likeness (QED) is 0.793. The molecule has 0 saturated carbocycles. The van der Waals surface area contributed by atoms with Gasteiger partial charge in [-0.25, -0.2) is 9.18 Å². The van der Waals surface area contributed by atoms with Crippen LogP contribution in [0.5, 0.6) is 0 Å². The Labute approximate surface area is 106 Å². The molecule has 4 nitrogen and oxygen atoms in total. The molecule has 0 aliphatic carbocycles. The summed E-state index contributed by atoms with van der Waals surface area (Å²) in [6.07, 6.45) is 0.580. The Balaban J connectivity index is 2.91. The van der Waals surface area contributed by atoms with Gasteiger partial charge in [0.1, 0.15) is 11.9 Å². The first-order chi connectivity index (χ1) is 8.62. The number of esters is 1. The second-order valence-electron chi connectivity index (χ2n) is 3.86. The maximum absolute atomic E-state index is 13.1. The summed E-state index contributed by atoms with van der Waals surface area (Å²) >= 11 is 0. The van der Waals surface area contributed by atoms with Crippen molar-refractivity contribution >= 4 is 11.7 Å². The summed E-state index contributed by atoms with van der Waals surface area (Å²) in [5.41, 5.74) is 1.34. The molecule has 0 aliphatic heterocycles. The number of benzene rings is 1. The van der Waals surface area contributed by atoms with E-state index in [1.807, 2.05) is 6.92 Å². The van der Waals surface area contributed by atoms with Gasteiger partial charge < -0.3 is 14.8 Å². The zero-order valence-corrected chi connectivity index (χ0v) is 10.8. The molecule has 1 aromatic carbocycles. The van der Waals surface area contributed by atoms with Gasteiger partial charge in [-0.15, -0.1) is 0 Å². The molecule has 5 heteroatoms. The van der Waals surface area contributed by atoms with E-state index in [9.17, 15) is 9.18 Å². The van der Waals surface area contributed by atoms with Crippen molar-refractivity contribution in [3.63, 3.8) is 0 Å². The second-order valence-corrected chi connectivity index (χ2v) is 3.86. The number of halogens is 1. The van der Waals surface area contributed by atoms with Gasteiger partial charge in [-0.2, -0.15) is 0 Å². The monoisotopic (exact) mass is 255 g/mol.